The van der Waals surface area contributed by atoms with E-state index in [-0.39, 0.29) is 11.8 Å². The second kappa shape index (κ2) is 8.50. The Labute approximate surface area is 144 Å². The van der Waals surface area contributed by atoms with Crippen LogP contribution in [0.4, 0.5) is 5.69 Å². The molecular weight excluding hydrogens is 337 g/mol. The van der Waals surface area contributed by atoms with E-state index in [9.17, 15) is 9.59 Å². The Hall–Kier alpha value is -2.11. The topological polar surface area (TPSA) is 71.1 Å². The summed E-state index contributed by atoms with van der Waals surface area (Å²) in [5.41, 5.74) is 1.12. The molecule has 0 saturated heterocycles. The summed E-state index contributed by atoms with van der Waals surface area (Å²) in [6, 6.07) is 10.0. The van der Waals surface area contributed by atoms with Gasteiger partial charge in [0.25, 0.3) is 5.91 Å². The van der Waals surface area contributed by atoms with E-state index in [0.717, 1.165) is 0 Å². The molecule has 2 amide bonds. The number of halogens is 2. The maximum atomic E-state index is 11.8. The fraction of sp³-hybridized carbons (Fsp3) is 0.188. The Morgan fingerprint density at radius 1 is 1.04 bits per heavy atom. The highest BCUT2D eigenvalue weighted by Crippen LogP contribution is 2.13. The van der Waals surface area contributed by atoms with Gasteiger partial charge in [-0.25, -0.2) is 4.98 Å². The first-order chi connectivity index (χ1) is 11.0. The Balaban J connectivity index is 1.68. The molecule has 1 aromatic heterocycles. The normalized spacial score (nSPS) is 10.2. The predicted molar refractivity (Wildman–Crippen MR) is 90.9 cm³/mol. The van der Waals surface area contributed by atoms with Crippen LogP contribution in [0.5, 0.6) is 0 Å². The van der Waals surface area contributed by atoms with Crippen molar-refractivity contribution in [3.63, 3.8) is 0 Å². The quantitative estimate of drug-likeness (QED) is 0.617. The monoisotopic (exact) mass is 351 g/mol. The van der Waals surface area contributed by atoms with E-state index >= 15 is 0 Å². The molecule has 1 heterocycles. The van der Waals surface area contributed by atoms with Crippen molar-refractivity contribution >= 4 is 40.7 Å². The van der Waals surface area contributed by atoms with Crippen LogP contribution in [0.2, 0.25) is 10.2 Å². The molecule has 0 bridgehead atoms. The number of carbonyl (C=O) groups is 2. The summed E-state index contributed by atoms with van der Waals surface area (Å²) in [5, 5.41) is 6.43. The molecule has 0 spiro atoms. The van der Waals surface area contributed by atoms with Crippen molar-refractivity contribution in [1.82, 2.24) is 10.3 Å². The second-order valence-electron chi connectivity index (χ2n) is 4.78. The second-order valence-corrected chi connectivity index (χ2v) is 5.61. The lowest BCUT2D eigenvalue weighted by Gasteiger charge is -2.06. The van der Waals surface area contributed by atoms with Gasteiger partial charge >= 0.3 is 0 Å². The number of carbonyl (C=O) groups excluding carboxylic acids is 2. The summed E-state index contributed by atoms with van der Waals surface area (Å²) < 4.78 is 0. The van der Waals surface area contributed by atoms with Gasteiger partial charge in [-0.3, -0.25) is 9.59 Å². The largest absolute Gasteiger partial charge is 0.352 e. The van der Waals surface area contributed by atoms with E-state index in [2.05, 4.69) is 15.6 Å². The van der Waals surface area contributed by atoms with Crippen molar-refractivity contribution in [2.75, 3.05) is 11.9 Å². The first-order valence-corrected chi connectivity index (χ1v) is 7.75. The highest BCUT2D eigenvalue weighted by molar-refractivity contribution is 6.30. The molecule has 0 radical (unpaired) electrons. The van der Waals surface area contributed by atoms with E-state index in [0.29, 0.717) is 40.8 Å². The van der Waals surface area contributed by atoms with Gasteiger partial charge in [0.1, 0.15) is 5.15 Å². The van der Waals surface area contributed by atoms with Gasteiger partial charge in [0.15, 0.2) is 0 Å². The number of nitrogens with one attached hydrogen (secondary N) is 2. The summed E-state index contributed by atoms with van der Waals surface area (Å²) in [6.45, 7) is 0.398. The number of rotatable bonds is 6. The Morgan fingerprint density at radius 3 is 2.43 bits per heavy atom. The number of pyridine rings is 1. The number of benzene rings is 1. The van der Waals surface area contributed by atoms with Crippen LogP contribution in [0.15, 0.2) is 42.6 Å². The maximum Gasteiger partial charge on any atom is 0.252 e. The van der Waals surface area contributed by atoms with Crippen molar-refractivity contribution in [1.29, 1.82) is 0 Å². The fourth-order valence-corrected chi connectivity index (χ4v) is 2.06. The number of nitrogens with zero attached hydrogens (tertiary/aromatic N) is 1. The average Bonchev–Trinajstić information content (AvgIpc) is 2.54. The summed E-state index contributed by atoms with van der Waals surface area (Å²) in [5.74, 6) is -0.359. The van der Waals surface area contributed by atoms with Gasteiger partial charge in [-0.15, -0.1) is 0 Å². The lowest BCUT2D eigenvalue weighted by atomic mass is 10.2. The molecule has 120 valence electrons. The van der Waals surface area contributed by atoms with Gasteiger partial charge in [0.2, 0.25) is 5.91 Å². The standard InChI is InChI=1S/C16H15Cl2N3O2/c17-12-4-6-13(7-5-12)21-15(22)2-1-9-19-16(23)11-3-8-14(18)20-10-11/h3-8,10H,1-2,9H2,(H,19,23)(H,21,22). The van der Waals surface area contributed by atoms with Crippen LogP contribution in [0.1, 0.15) is 23.2 Å². The van der Waals surface area contributed by atoms with Crippen LogP contribution >= 0.6 is 23.2 Å². The first-order valence-electron chi connectivity index (χ1n) is 7.00. The summed E-state index contributed by atoms with van der Waals surface area (Å²) in [7, 11) is 0. The Bertz CT molecular complexity index is 673. The zero-order valence-electron chi connectivity index (χ0n) is 12.2. The molecule has 1 aromatic carbocycles. The fourth-order valence-electron chi connectivity index (χ4n) is 1.82. The molecule has 0 unspecified atom stereocenters. The van der Waals surface area contributed by atoms with Gasteiger partial charge in [-0.2, -0.15) is 0 Å². The first kappa shape index (κ1) is 17.2. The minimum absolute atomic E-state index is 0.116. The van der Waals surface area contributed by atoms with Crippen molar-refractivity contribution in [2.45, 2.75) is 12.8 Å². The van der Waals surface area contributed by atoms with E-state index in [4.69, 9.17) is 23.2 Å². The highest BCUT2D eigenvalue weighted by atomic mass is 35.5. The van der Waals surface area contributed by atoms with Crippen LogP contribution in [-0.2, 0) is 4.79 Å². The summed E-state index contributed by atoms with van der Waals surface area (Å²) >= 11 is 11.4. The van der Waals surface area contributed by atoms with E-state index < -0.39 is 0 Å². The lowest BCUT2D eigenvalue weighted by molar-refractivity contribution is -0.116. The lowest BCUT2D eigenvalue weighted by Crippen LogP contribution is -2.25. The van der Waals surface area contributed by atoms with Crippen molar-refractivity contribution in [3.8, 4) is 0 Å². The van der Waals surface area contributed by atoms with Crippen LogP contribution in [-0.4, -0.2) is 23.3 Å². The molecule has 0 atom stereocenters. The van der Waals surface area contributed by atoms with Gasteiger partial charge in [0.05, 0.1) is 5.56 Å². The number of anilines is 1. The smallest absolute Gasteiger partial charge is 0.252 e. The van der Waals surface area contributed by atoms with Crippen LogP contribution in [0, 0.1) is 0 Å². The number of hydrogen-bond donors (Lipinski definition) is 2. The third-order valence-electron chi connectivity index (χ3n) is 2.98. The Kier molecular flexibility index (Phi) is 6.38. The SMILES string of the molecule is O=C(CCCNC(=O)c1ccc(Cl)nc1)Nc1ccc(Cl)cc1. The molecule has 0 saturated carbocycles. The molecule has 2 rings (SSSR count). The third-order valence-corrected chi connectivity index (χ3v) is 3.46. The van der Waals surface area contributed by atoms with Gasteiger partial charge < -0.3 is 10.6 Å². The zero-order valence-corrected chi connectivity index (χ0v) is 13.7. The molecule has 0 aliphatic rings. The van der Waals surface area contributed by atoms with Crippen LogP contribution in [0.3, 0.4) is 0 Å². The minimum atomic E-state index is -0.243. The average molecular weight is 352 g/mol. The molecule has 2 aromatic rings. The van der Waals surface area contributed by atoms with Crippen LogP contribution < -0.4 is 10.6 Å². The van der Waals surface area contributed by atoms with Crippen molar-refractivity contribution in [2.24, 2.45) is 0 Å². The van der Waals surface area contributed by atoms with Crippen molar-refractivity contribution < 1.29 is 9.59 Å². The van der Waals surface area contributed by atoms with Gasteiger partial charge in [0, 0.05) is 29.9 Å². The van der Waals surface area contributed by atoms with Crippen LogP contribution in [0.25, 0.3) is 0 Å². The maximum absolute atomic E-state index is 11.8. The van der Waals surface area contributed by atoms with E-state index in [1.165, 1.54) is 6.20 Å². The Morgan fingerprint density at radius 2 is 1.78 bits per heavy atom. The number of hydrogen-bond acceptors (Lipinski definition) is 3. The molecule has 2 N–H and O–H groups in total. The third kappa shape index (κ3) is 5.88. The zero-order chi connectivity index (χ0) is 16.7. The molecule has 0 fully saturated rings. The number of aromatic nitrogens is 1. The predicted octanol–water partition coefficient (Wildman–Crippen LogP) is 3.54. The van der Waals surface area contributed by atoms with Gasteiger partial charge in [-0.05, 0) is 42.8 Å². The summed E-state index contributed by atoms with van der Waals surface area (Å²) in [4.78, 5) is 27.4. The van der Waals surface area contributed by atoms with Gasteiger partial charge in [-0.1, -0.05) is 23.2 Å². The minimum Gasteiger partial charge on any atom is -0.352 e. The number of amides is 2. The highest BCUT2D eigenvalue weighted by Gasteiger charge is 2.06. The molecule has 5 nitrogen and oxygen atoms in total. The molecular formula is C16H15Cl2N3O2. The van der Waals surface area contributed by atoms with E-state index in [1.54, 1.807) is 36.4 Å². The van der Waals surface area contributed by atoms with Crippen molar-refractivity contribution in [3.05, 3.63) is 58.3 Å². The summed E-state index contributed by atoms with van der Waals surface area (Å²) in [6.07, 6.45) is 2.25. The molecule has 0 aliphatic carbocycles. The molecule has 0 aliphatic heterocycles. The molecule has 7 heteroatoms. The molecule has 23 heavy (non-hydrogen) atoms. The van der Waals surface area contributed by atoms with E-state index in [1.807, 2.05) is 0 Å².